The number of aliphatic imine (C=N–C) groups is 1. The Balaban J connectivity index is 1.75. The van der Waals surface area contributed by atoms with Crippen LogP contribution in [0.4, 0.5) is 0 Å². The van der Waals surface area contributed by atoms with Gasteiger partial charge in [-0.3, -0.25) is 4.79 Å². The number of methoxy groups -OCH3 is 2. The molecule has 30 heavy (non-hydrogen) atoms. The smallest absolute Gasteiger partial charge is 0.338 e. The van der Waals surface area contributed by atoms with Crippen molar-refractivity contribution >= 4 is 28.8 Å². The molecule has 1 amide bonds. The molecule has 158 valence electrons. The fraction of sp³-hybridized carbons (Fsp3) is 0.409. The van der Waals surface area contributed by atoms with Gasteiger partial charge < -0.3 is 19.3 Å². The lowest BCUT2D eigenvalue weighted by molar-refractivity contribution is -0.136. The van der Waals surface area contributed by atoms with Gasteiger partial charge in [-0.05, 0) is 31.2 Å². The number of likely N-dealkylation sites (tertiary alicyclic amines) is 1. The lowest BCUT2D eigenvalue weighted by Gasteiger charge is -2.36. The molecule has 0 bridgehead atoms. The van der Waals surface area contributed by atoms with Crippen molar-refractivity contribution in [1.29, 1.82) is 0 Å². The van der Waals surface area contributed by atoms with Crippen LogP contribution >= 0.6 is 11.8 Å². The van der Waals surface area contributed by atoms with Crippen LogP contribution < -0.4 is 4.74 Å². The maximum Gasteiger partial charge on any atom is 0.338 e. The zero-order valence-corrected chi connectivity index (χ0v) is 18.2. The summed E-state index contributed by atoms with van der Waals surface area (Å²) in [5.41, 5.74) is 2.72. The standard InChI is InChI=1S/C22H25N3O4S/c1-14-19(21(27)29-3)20(16-8-4-5-9-17(16)28-2)25-15(13-30-22(25)23-14)12-18(26)24-10-6-7-11-24/h4-5,8-9,13,20H,6-7,10-12H2,1-3H3/t20-/m1/s1. The zero-order valence-electron chi connectivity index (χ0n) is 17.4. The Morgan fingerprint density at radius 2 is 1.93 bits per heavy atom. The number of nitrogens with zero attached hydrogens (tertiary/aromatic N) is 3. The summed E-state index contributed by atoms with van der Waals surface area (Å²) in [5.74, 6) is 0.332. The number of amides is 1. The average Bonchev–Trinajstić information content (AvgIpc) is 3.43. The van der Waals surface area contributed by atoms with Crippen LogP contribution in [0.25, 0.3) is 0 Å². The second kappa shape index (κ2) is 8.55. The minimum Gasteiger partial charge on any atom is -0.496 e. The summed E-state index contributed by atoms with van der Waals surface area (Å²) in [7, 11) is 2.98. The Labute approximate surface area is 180 Å². The highest BCUT2D eigenvalue weighted by Crippen LogP contribution is 2.46. The molecule has 1 aromatic rings. The van der Waals surface area contributed by atoms with Crippen molar-refractivity contribution in [3.05, 3.63) is 52.2 Å². The molecule has 1 atom stereocenters. The maximum atomic E-state index is 12.9. The van der Waals surface area contributed by atoms with Crippen LogP contribution in [0.3, 0.4) is 0 Å². The summed E-state index contributed by atoms with van der Waals surface area (Å²) in [6.45, 7) is 3.43. The van der Waals surface area contributed by atoms with Crippen LogP contribution in [0.1, 0.15) is 37.8 Å². The van der Waals surface area contributed by atoms with Gasteiger partial charge in [0.1, 0.15) is 5.75 Å². The van der Waals surface area contributed by atoms with Gasteiger partial charge in [0.15, 0.2) is 5.17 Å². The highest BCUT2D eigenvalue weighted by atomic mass is 32.2. The van der Waals surface area contributed by atoms with E-state index >= 15 is 0 Å². The predicted octanol–water partition coefficient (Wildman–Crippen LogP) is 3.46. The number of esters is 1. The quantitative estimate of drug-likeness (QED) is 0.671. The largest absolute Gasteiger partial charge is 0.496 e. The Hall–Kier alpha value is -2.74. The van der Waals surface area contributed by atoms with Gasteiger partial charge in [-0.1, -0.05) is 30.0 Å². The molecule has 0 aromatic heterocycles. The molecular weight excluding hydrogens is 402 g/mol. The van der Waals surface area contributed by atoms with Crippen molar-refractivity contribution < 1.29 is 19.1 Å². The lowest BCUT2D eigenvalue weighted by Crippen LogP contribution is -2.38. The summed E-state index contributed by atoms with van der Waals surface area (Å²) >= 11 is 1.47. The van der Waals surface area contributed by atoms with Crippen LogP contribution in [0.15, 0.2) is 51.6 Å². The third-order valence-electron chi connectivity index (χ3n) is 5.63. The van der Waals surface area contributed by atoms with E-state index in [9.17, 15) is 9.59 Å². The molecule has 0 N–H and O–H groups in total. The van der Waals surface area contributed by atoms with Crippen molar-refractivity contribution in [3.63, 3.8) is 0 Å². The van der Waals surface area contributed by atoms with E-state index in [-0.39, 0.29) is 12.3 Å². The van der Waals surface area contributed by atoms with Gasteiger partial charge in [-0.25, -0.2) is 9.79 Å². The summed E-state index contributed by atoms with van der Waals surface area (Å²) in [6, 6.07) is 7.13. The average molecular weight is 428 g/mol. The Bertz CT molecular complexity index is 963. The third kappa shape index (κ3) is 3.60. The second-order valence-corrected chi connectivity index (χ2v) is 8.23. The number of hydrogen-bond donors (Lipinski definition) is 0. The third-order valence-corrected chi connectivity index (χ3v) is 6.52. The number of para-hydroxylation sites is 1. The van der Waals surface area contributed by atoms with E-state index in [1.54, 1.807) is 7.11 Å². The van der Waals surface area contributed by atoms with E-state index in [1.807, 2.05) is 46.4 Å². The van der Waals surface area contributed by atoms with Crippen LogP contribution in [0.5, 0.6) is 5.75 Å². The highest BCUT2D eigenvalue weighted by molar-refractivity contribution is 8.16. The molecule has 3 aliphatic heterocycles. The van der Waals surface area contributed by atoms with Gasteiger partial charge in [0.05, 0.1) is 38.0 Å². The summed E-state index contributed by atoms with van der Waals surface area (Å²) in [5, 5.41) is 2.71. The summed E-state index contributed by atoms with van der Waals surface area (Å²) < 4.78 is 10.7. The fourth-order valence-corrected chi connectivity index (χ4v) is 5.12. The van der Waals surface area contributed by atoms with Crippen LogP contribution in [-0.2, 0) is 14.3 Å². The fourth-order valence-electron chi connectivity index (χ4n) is 4.16. The molecule has 8 heteroatoms. The molecular formula is C22H25N3O4S. The Kier molecular flexibility index (Phi) is 5.85. The highest BCUT2D eigenvalue weighted by Gasteiger charge is 2.42. The van der Waals surface area contributed by atoms with Gasteiger partial charge in [0, 0.05) is 24.4 Å². The monoisotopic (exact) mass is 427 g/mol. The number of benzene rings is 1. The first-order valence-electron chi connectivity index (χ1n) is 9.98. The number of allylic oxidation sites excluding steroid dienone is 1. The van der Waals surface area contributed by atoms with Crippen LogP contribution in [0, 0.1) is 0 Å². The first kappa shape index (κ1) is 20.5. The van der Waals surface area contributed by atoms with Crippen molar-refractivity contribution in [2.45, 2.75) is 32.2 Å². The maximum absolute atomic E-state index is 12.9. The molecule has 0 radical (unpaired) electrons. The van der Waals surface area contributed by atoms with E-state index in [1.165, 1.54) is 18.9 Å². The molecule has 1 aromatic carbocycles. The number of amidine groups is 1. The number of fused-ring (bicyclic) bond motifs is 1. The molecule has 0 aliphatic carbocycles. The second-order valence-electron chi connectivity index (χ2n) is 7.39. The molecule has 7 nitrogen and oxygen atoms in total. The van der Waals surface area contributed by atoms with E-state index in [2.05, 4.69) is 4.99 Å². The number of carbonyl (C=O) groups is 2. The number of thioether (sulfide) groups is 1. The molecule has 0 saturated carbocycles. The SMILES string of the molecule is COC(=O)C1=C(C)N=C2SC=C(CC(=O)N3CCCC3)N2[C@@H]1c1ccccc1OC. The minimum absolute atomic E-state index is 0.102. The van der Waals surface area contributed by atoms with Gasteiger partial charge in [0.2, 0.25) is 5.91 Å². The van der Waals surface area contributed by atoms with E-state index in [0.717, 1.165) is 42.4 Å². The number of ether oxygens (including phenoxy) is 2. The molecule has 0 spiro atoms. The molecule has 1 fully saturated rings. The van der Waals surface area contributed by atoms with Crippen molar-refractivity contribution in [2.24, 2.45) is 4.99 Å². The Morgan fingerprint density at radius 3 is 2.63 bits per heavy atom. The van der Waals surface area contributed by atoms with Gasteiger partial charge in [0.25, 0.3) is 0 Å². The van der Waals surface area contributed by atoms with E-state index < -0.39 is 12.0 Å². The number of hydrogen-bond acceptors (Lipinski definition) is 7. The summed E-state index contributed by atoms with van der Waals surface area (Å²) in [4.78, 5) is 34.2. The van der Waals surface area contributed by atoms with Crippen LogP contribution in [0.2, 0.25) is 0 Å². The van der Waals surface area contributed by atoms with Crippen LogP contribution in [-0.4, -0.2) is 54.2 Å². The number of rotatable bonds is 5. The Morgan fingerprint density at radius 1 is 1.20 bits per heavy atom. The topological polar surface area (TPSA) is 71.4 Å². The first-order valence-corrected chi connectivity index (χ1v) is 10.9. The van der Waals surface area contributed by atoms with Crippen molar-refractivity contribution in [1.82, 2.24) is 9.80 Å². The van der Waals surface area contributed by atoms with E-state index in [4.69, 9.17) is 9.47 Å². The molecule has 3 heterocycles. The minimum atomic E-state index is -0.478. The molecule has 1 saturated heterocycles. The van der Waals surface area contributed by atoms with E-state index in [0.29, 0.717) is 17.0 Å². The summed E-state index contributed by atoms with van der Waals surface area (Å²) in [6.07, 6.45) is 2.37. The molecule has 4 rings (SSSR count). The molecule has 3 aliphatic rings. The predicted molar refractivity (Wildman–Crippen MR) is 116 cm³/mol. The zero-order chi connectivity index (χ0) is 21.3. The van der Waals surface area contributed by atoms with Gasteiger partial charge in [-0.2, -0.15) is 0 Å². The van der Waals surface area contributed by atoms with Gasteiger partial charge in [-0.15, -0.1) is 0 Å². The van der Waals surface area contributed by atoms with Crippen molar-refractivity contribution in [3.8, 4) is 5.75 Å². The van der Waals surface area contributed by atoms with Gasteiger partial charge >= 0.3 is 5.97 Å². The number of carbonyl (C=O) groups excluding carboxylic acids is 2. The normalized spacial score (nSPS) is 20.7. The molecule has 0 unspecified atom stereocenters. The van der Waals surface area contributed by atoms with Crippen molar-refractivity contribution in [2.75, 3.05) is 27.3 Å². The lowest BCUT2D eigenvalue weighted by atomic mass is 9.93. The first-order chi connectivity index (χ1) is 14.5.